The van der Waals surface area contributed by atoms with Gasteiger partial charge in [-0.1, -0.05) is 0 Å². The number of hydrogen-bond donors (Lipinski definition) is 0. The Kier molecular flexibility index (Phi) is 10.8. The van der Waals surface area contributed by atoms with Crippen molar-refractivity contribution in [2.45, 2.75) is 79.5 Å². The molecule has 1 amide bonds. The number of carbonyl (C=O) groups is 1. The van der Waals surface area contributed by atoms with Crippen molar-refractivity contribution in [1.82, 2.24) is 9.47 Å². The molecule has 1 aliphatic heterocycles. The van der Waals surface area contributed by atoms with E-state index >= 15 is 0 Å². The Hall–Kier alpha value is -2.67. The molecule has 0 radical (unpaired) electrons. The van der Waals surface area contributed by atoms with E-state index in [0.29, 0.717) is 18.1 Å². The van der Waals surface area contributed by atoms with Crippen molar-refractivity contribution in [3.05, 3.63) is 78.1 Å². The number of benzene rings is 2. The second-order valence-electron chi connectivity index (χ2n) is 11.0. The topological polar surface area (TPSA) is 43.7 Å². The van der Waals surface area contributed by atoms with Gasteiger partial charge < -0.3 is 0 Å². The zero-order valence-corrected chi connectivity index (χ0v) is 27.9. The van der Waals surface area contributed by atoms with Crippen LogP contribution >= 0.6 is 0 Å². The monoisotopic (exact) mass is 650 g/mol. The third-order valence-electron chi connectivity index (χ3n) is 8.27. The van der Waals surface area contributed by atoms with Crippen LogP contribution in [0.3, 0.4) is 0 Å². The van der Waals surface area contributed by atoms with Crippen molar-refractivity contribution in [3.8, 4) is 11.4 Å². The standard InChI is InChI=1S/C22H19N2O3.3C4H9.Sn/c1-3-23(2)22(25)27-21-18-13-9-15-24(18)17-12-7-8-14-19(17)26-20(21)16-10-5-4-6-11-16;3*1-3-4-2;/h4-7,9-15H,3H2,1-2H3;3*1,3-4H2,2H3;. The quantitative estimate of drug-likeness (QED) is 0.174. The summed E-state index contributed by atoms with van der Waals surface area (Å²) in [5.74, 6) is 1.86. The molecule has 0 fully saturated rings. The van der Waals surface area contributed by atoms with E-state index < -0.39 is 24.5 Å². The van der Waals surface area contributed by atoms with E-state index in [4.69, 9.17) is 9.47 Å². The molecule has 0 aliphatic carbocycles. The molecule has 0 unspecified atom stereocenters. The molecule has 6 heteroatoms. The van der Waals surface area contributed by atoms with Crippen LogP contribution in [-0.2, 0) is 4.74 Å². The fourth-order valence-electron chi connectivity index (χ4n) is 5.70. The van der Waals surface area contributed by atoms with Gasteiger partial charge >= 0.3 is 246 Å². The number of ether oxygens (including phenoxy) is 2. The molecule has 0 atom stereocenters. The van der Waals surface area contributed by atoms with Crippen LogP contribution < -0.4 is 8.32 Å². The summed E-state index contributed by atoms with van der Waals surface area (Å²) >= 11 is -2.71. The van der Waals surface area contributed by atoms with E-state index in [1.54, 1.807) is 15.5 Å². The second kappa shape index (κ2) is 14.3. The van der Waals surface area contributed by atoms with Crippen LogP contribution in [0.5, 0.6) is 5.75 Å². The van der Waals surface area contributed by atoms with Gasteiger partial charge in [0.15, 0.2) is 0 Å². The number of unbranched alkanes of at least 4 members (excludes halogenated alkanes) is 3. The summed E-state index contributed by atoms with van der Waals surface area (Å²) in [4.78, 5) is 14.6. The molecule has 0 saturated heterocycles. The van der Waals surface area contributed by atoms with Crippen molar-refractivity contribution in [1.29, 1.82) is 0 Å². The van der Waals surface area contributed by atoms with E-state index in [1.165, 1.54) is 51.8 Å². The summed E-state index contributed by atoms with van der Waals surface area (Å²) in [6.07, 6.45) is 9.29. The third kappa shape index (κ3) is 6.62. The van der Waals surface area contributed by atoms with E-state index in [2.05, 4.69) is 43.5 Å². The third-order valence-corrected chi connectivity index (χ3v) is 23.9. The van der Waals surface area contributed by atoms with Crippen LogP contribution in [0.1, 0.15) is 77.5 Å². The number of amides is 1. The molecule has 2 heterocycles. The molecule has 0 bridgehead atoms. The van der Waals surface area contributed by atoms with Crippen LogP contribution in [0.4, 0.5) is 4.79 Å². The molecule has 0 saturated carbocycles. The van der Waals surface area contributed by atoms with Crippen molar-refractivity contribution >= 4 is 39.6 Å². The minimum atomic E-state index is -2.71. The first-order chi connectivity index (χ1) is 19.5. The SMILES string of the molecule is CCC[CH2][Sn]([CH2]CCC)([CH2]CCC)[c]1ccc2c(c1)OC(c1ccccc1)=C(OC(=O)N(C)CC)c1cccn1-2. The number of carbonyl (C=O) groups excluding carboxylic acids is 1. The summed E-state index contributed by atoms with van der Waals surface area (Å²) in [5.41, 5.74) is 2.67. The molecule has 2 aromatic carbocycles. The van der Waals surface area contributed by atoms with Gasteiger partial charge in [0.1, 0.15) is 0 Å². The van der Waals surface area contributed by atoms with Gasteiger partial charge in [0.25, 0.3) is 0 Å². The Balaban J connectivity index is 1.89. The summed E-state index contributed by atoms with van der Waals surface area (Å²) in [7, 11) is 1.75. The average molecular weight is 649 g/mol. The second-order valence-corrected chi connectivity index (χ2v) is 24.3. The number of fused-ring (bicyclic) bond motifs is 3. The first kappa shape index (κ1) is 30.3. The summed E-state index contributed by atoms with van der Waals surface area (Å²) in [6, 6.07) is 21.0. The number of aromatic nitrogens is 1. The number of nitrogens with zero attached hydrogens (tertiary/aromatic N) is 2. The molecule has 5 nitrogen and oxygen atoms in total. The van der Waals surface area contributed by atoms with Crippen LogP contribution in [0, 0.1) is 0 Å². The molecule has 4 rings (SSSR count). The molecule has 0 N–H and O–H groups in total. The van der Waals surface area contributed by atoms with Gasteiger partial charge in [-0.2, -0.15) is 0 Å². The summed E-state index contributed by atoms with van der Waals surface area (Å²) < 4.78 is 20.8. The van der Waals surface area contributed by atoms with Crippen molar-refractivity contribution in [3.63, 3.8) is 0 Å². The van der Waals surface area contributed by atoms with E-state index in [1.807, 2.05) is 55.6 Å². The van der Waals surface area contributed by atoms with E-state index in [-0.39, 0.29) is 0 Å². The normalized spacial score (nSPS) is 12.8. The fourth-order valence-corrected chi connectivity index (χ4v) is 21.6. The molecule has 1 aromatic heterocycles. The predicted octanol–water partition coefficient (Wildman–Crippen LogP) is 8.84. The Morgan fingerprint density at radius 3 is 2.12 bits per heavy atom. The first-order valence-corrected chi connectivity index (χ1v) is 22.7. The van der Waals surface area contributed by atoms with E-state index in [9.17, 15) is 4.79 Å². The molecule has 214 valence electrons. The van der Waals surface area contributed by atoms with Crippen LogP contribution in [0.2, 0.25) is 13.3 Å². The number of hydrogen-bond acceptors (Lipinski definition) is 3. The maximum atomic E-state index is 13.0. The molecule has 40 heavy (non-hydrogen) atoms. The van der Waals surface area contributed by atoms with Gasteiger partial charge in [-0.15, -0.1) is 0 Å². The Bertz CT molecular complexity index is 1280. The van der Waals surface area contributed by atoms with Gasteiger partial charge in [-0.25, -0.2) is 0 Å². The van der Waals surface area contributed by atoms with Gasteiger partial charge in [-0.05, 0) is 0 Å². The molecule has 3 aromatic rings. The van der Waals surface area contributed by atoms with Crippen molar-refractivity contribution in [2.24, 2.45) is 0 Å². The molecular formula is C34H46N2O3Sn. The average Bonchev–Trinajstić information content (AvgIpc) is 3.43. The summed E-state index contributed by atoms with van der Waals surface area (Å²) in [5, 5.41) is 0. The van der Waals surface area contributed by atoms with Crippen LogP contribution in [0.25, 0.3) is 17.2 Å². The predicted molar refractivity (Wildman–Crippen MR) is 169 cm³/mol. The minimum absolute atomic E-state index is 0.400. The first-order valence-electron chi connectivity index (χ1n) is 15.2. The van der Waals surface area contributed by atoms with Gasteiger partial charge in [0.05, 0.1) is 0 Å². The maximum absolute atomic E-state index is 13.0. The Morgan fingerprint density at radius 2 is 1.52 bits per heavy atom. The zero-order valence-electron chi connectivity index (χ0n) is 25.0. The summed E-state index contributed by atoms with van der Waals surface area (Å²) in [6.45, 7) is 9.45. The Labute approximate surface area is 245 Å². The Morgan fingerprint density at radius 1 is 0.875 bits per heavy atom. The van der Waals surface area contributed by atoms with Crippen LogP contribution in [-0.4, -0.2) is 47.5 Å². The fraction of sp³-hybridized carbons (Fsp3) is 0.441. The van der Waals surface area contributed by atoms with Gasteiger partial charge in [0.2, 0.25) is 0 Å². The van der Waals surface area contributed by atoms with Crippen molar-refractivity contribution in [2.75, 3.05) is 13.6 Å². The van der Waals surface area contributed by atoms with Gasteiger partial charge in [-0.3, -0.25) is 0 Å². The molecule has 1 aliphatic rings. The zero-order chi connectivity index (χ0) is 28.5. The number of rotatable bonds is 13. The van der Waals surface area contributed by atoms with Gasteiger partial charge in [0, 0.05) is 0 Å². The van der Waals surface area contributed by atoms with Crippen LogP contribution in [0.15, 0.2) is 66.9 Å². The molecular weight excluding hydrogens is 603 g/mol. The van der Waals surface area contributed by atoms with E-state index in [0.717, 1.165) is 22.7 Å². The van der Waals surface area contributed by atoms with Crippen molar-refractivity contribution < 1.29 is 14.3 Å². The molecule has 0 spiro atoms.